The average Bonchev–Trinajstić information content (AvgIpc) is 2.84. The SMILES string of the molecule is CCN(CC)S(=O)(=O)CC(=O)N1CCc2cccc(F)c21. The lowest BCUT2D eigenvalue weighted by atomic mass is 10.1. The molecule has 21 heavy (non-hydrogen) atoms. The Kier molecular flexibility index (Phi) is 4.63. The molecule has 7 heteroatoms. The smallest absolute Gasteiger partial charge is 0.243 e. The Bertz CT molecular complexity index is 642. The van der Waals surface area contributed by atoms with E-state index in [1.807, 2.05) is 0 Å². The Morgan fingerprint density at radius 3 is 2.62 bits per heavy atom. The molecule has 0 aliphatic carbocycles. The number of anilines is 1. The number of nitrogens with zero attached hydrogens (tertiary/aromatic N) is 2. The molecule has 0 spiro atoms. The van der Waals surface area contributed by atoms with E-state index < -0.39 is 27.5 Å². The van der Waals surface area contributed by atoms with Crippen molar-refractivity contribution < 1.29 is 17.6 Å². The number of hydrogen-bond acceptors (Lipinski definition) is 3. The molecule has 0 saturated carbocycles. The molecule has 1 aliphatic heterocycles. The first-order valence-electron chi connectivity index (χ1n) is 6.96. The largest absolute Gasteiger partial charge is 0.308 e. The zero-order valence-corrected chi connectivity index (χ0v) is 13.0. The number of halogens is 1. The summed E-state index contributed by atoms with van der Waals surface area (Å²) in [5.74, 6) is -1.69. The van der Waals surface area contributed by atoms with E-state index in [-0.39, 0.29) is 5.69 Å². The second kappa shape index (κ2) is 6.11. The van der Waals surface area contributed by atoms with Crippen molar-refractivity contribution in [3.05, 3.63) is 29.6 Å². The van der Waals surface area contributed by atoms with Gasteiger partial charge in [-0.3, -0.25) is 4.79 Å². The molecule has 5 nitrogen and oxygen atoms in total. The zero-order valence-electron chi connectivity index (χ0n) is 12.2. The van der Waals surface area contributed by atoms with E-state index >= 15 is 0 Å². The van der Waals surface area contributed by atoms with Gasteiger partial charge in [-0.15, -0.1) is 0 Å². The van der Waals surface area contributed by atoms with Crippen LogP contribution >= 0.6 is 0 Å². The molecule has 1 aliphatic rings. The highest BCUT2D eigenvalue weighted by Gasteiger charge is 2.31. The summed E-state index contributed by atoms with van der Waals surface area (Å²) in [6.07, 6.45) is 0.546. The van der Waals surface area contributed by atoms with Gasteiger partial charge in [0, 0.05) is 19.6 Å². The highest BCUT2D eigenvalue weighted by atomic mass is 32.2. The minimum Gasteiger partial charge on any atom is -0.308 e. The Morgan fingerprint density at radius 2 is 2.00 bits per heavy atom. The van der Waals surface area contributed by atoms with Crippen molar-refractivity contribution in [3.63, 3.8) is 0 Å². The van der Waals surface area contributed by atoms with E-state index in [0.717, 1.165) is 5.56 Å². The minimum atomic E-state index is -3.65. The van der Waals surface area contributed by atoms with Gasteiger partial charge in [0.1, 0.15) is 11.6 Å². The fourth-order valence-electron chi connectivity index (χ4n) is 2.60. The van der Waals surface area contributed by atoms with E-state index in [1.54, 1.807) is 26.0 Å². The first-order valence-corrected chi connectivity index (χ1v) is 8.57. The van der Waals surface area contributed by atoms with Gasteiger partial charge in [0.05, 0.1) is 5.69 Å². The van der Waals surface area contributed by atoms with Crippen LogP contribution in [0.2, 0.25) is 0 Å². The Morgan fingerprint density at radius 1 is 1.33 bits per heavy atom. The van der Waals surface area contributed by atoms with E-state index in [0.29, 0.717) is 26.1 Å². The van der Waals surface area contributed by atoms with Crippen LogP contribution in [-0.4, -0.2) is 44.0 Å². The maximum absolute atomic E-state index is 13.9. The third-order valence-corrected chi connectivity index (χ3v) is 5.57. The molecule has 116 valence electrons. The summed E-state index contributed by atoms with van der Waals surface area (Å²) in [4.78, 5) is 13.5. The predicted octanol–water partition coefficient (Wildman–Crippen LogP) is 1.39. The molecule has 0 unspecified atom stereocenters. The van der Waals surface area contributed by atoms with Crippen LogP contribution in [-0.2, 0) is 21.2 Å². The standard InChI is InChI=1S/C14H19FN2O3S/c1-3-16(4-2)21(19,20)10-13(18)17-9-8-11-6-5-7-12(15)14(11)17/h5-7H,3-4,8-10H2,1-2H3. The first kappa shape index (κ1) is 15.9. The van der Waals surface area contributed by atoms with Gasteiger partial charge in [-0.25, -0.2) is 17.1 Å². The third-order valence-electron chi connectivity index (χ3n) is 3.65. The summed E-state index contributed by atoms with van der Waals surface area (Å²) in [6, 6.07) is 4.63. The zero-order chi connectivity index (χ0) is 15.6. The maximum atomic E-state index is 13.9. The van der Waals surface area contributed by atoms with Crippen LogP contribution in [0.5, 0.6) is 0 Å². The molecule has 1 amide bonds. The van der Waals surface area contributed by atoms with Gasteiger partial charge in [-0.2, -0.15) is 0 Å². The van der Waals surface area contributed by atoms with Crippen molar-refractivity contribution in [1.29, 1.82) is 0 Å². The van der Waals surface area contributed by atoms with E-state index in [1.165, 1.54) is 15.3 Å². The number of carbonyl (C=O) groups is 1. The molecule has 0 bridgehead atoms. The summed E-state index contributed by atoms with van der Waals surface area (Å²) >= 11 is 0. The van der Waals surface area contributed by atoms with Crippen LogP contribution < -0.4 is 4.90 Å². The molecule has 0 N–H and O–H groups in total. The highest BCUT2D eigenvalue weighted by molar-refractivity contribution is 7.89. The van der Waals surface area contributed by atoms with Crippen molar-refractivity contribution in [2.24, 2.45) is 0 Å². The lowest BCUT2D eigenvalue weighted by molar-refractivity contribution is -0.116. The van der Waals surface area contributed by atoms with Crippen molar-refractivity contribution in [1.82, 2.24) is 4.31 Å². The summed E-state index contributed by atoms with van der Waals surface area (Å²) in [6.45, 7) is 4.39. The molecular weight excluding hydrogens is 295 g/mol. The molecule has 0 atom stereocenters. The second-order valence-electron chi connectivity index (χ2n) is 4.88. The number of rotatable bonds is 5. The number of benzene rings is 1. The fraction of sp³-hybridized carbons (Fsp3) is 0.500. The van der Waals surface area contributed by atoms with E-state index in [4.69, 9.17) is 0 Å². The number of sulfonamides is 1. The number of amides is 1. The van der Waals surface area contributed by atoms with E-state index in [2.05, 4.69) is 0 Å². The van der Waals surface area contributed by atoms with Crippen molar-refractivity contribution in [3.8, 4) is 0 Å². The van der Waals surface area contributed by atoms with Crippen LogP contribution in [0.25, 0.3) is 0 Å². The fourth-order valence-corrected chi connectivity index (χ4v) is 4.04. The maximum Gasteiger partial charge on any atom is 0.243 e. The van der Waals surface area contributed by atoms with Crippen LogP contribution in [0.3, 0.4) is 0 Å². The quantitative estimate of drug-likeness (QED) is 0.825. The van der Waals surface area contributed by atoms with Gasteiger partial charge >= 0.3 is 0 Å². The number of carbonyl (C=O) groups excluding carboxylic acids is 1. The predicted molar refractivity (Wildman–Crippen MR) is 79.2 cm³/mol. The number of para-hydroxylation sites is 1. The first-order chi connectivity index (χ1) is 9.90. The Balaban J connectivity index is 2.21. The molecule has 0 saturated heterocycles. The van der Waals surface area contributed by atoms with Gasteiger partial charge in [-0.05, 0) is 18.1 Å². The van der Waals surface area contributed by atoms with Gasteiger partial charge < -0.3 is 4.90 Å². The van der Waals surface area contributed by atoms with Gasteiger partial charge in [0.2, 0.25) is 15.9 Å². The average molecular weight is 314 g/mol. The van der Waals surface area contributed by atoms with Crippen LogP contribution in [0.15, 0.2) is 18.2 Å². The Hall–Kier alpha value is -1.47. The third kappa shape index (κ3) is 3.08. The molecule has 0 aromatic heterocycles. The van der Waals surface area contributed by atoms with Gasteiger partial charge in [0.25, 0.3) is 0 Å². The highest BCUT2D eigenvalue weighted by Crippen LogP contribution is 2.30. The molecule has 1 aromatic carbocycles. The monoisotopic (exact) mass is 314 g/mol. The van der Waals surface area contributed by atoms with Crippen LogP contribution in [0.4, 0.5) is 10.1 Å². The number of hydrogen-bond donors (Lipinski definition) is 0. The lowest BCUT2D eigenvalue weighted by Gasteiger charge is -2.22. The van der Waals surface area contributed by atoms with Crippen molar-refractivity contribution in [2.75, 3.05) is 30.3 Å². The second-order valence-corrected chi connectivity index (χ2v) is 6.85. The van der Waals surface area contributed by atoms with Gasteiger partial charge in [0.15, 0.2) is 0 Å². The molecule has 1 aromatic rings. The summed E-state index contributed by atoms with van der Waals surface area (Å²) in [5, 5.41) is 0. The van der Waals surface area contributed by atoms with Crippen LogP contribution in [0.1, 0.15) is 19.4 Å². The Labute approximate surface area is 124 Å². The van der Waals surface area contributed by atoms with E-state index in [9.17, 15) is 17.6 Å². The van der Waals surface area contributed by atoms with Crippen LogP contribution in [0, 0.1) is 5.82 Å². The molecule has 0 radical (unpaired) electrons. The molecular formula is C14H19FN2O3S. The lowest BCUT2D eigenvalue weighted by Crippen LogP contribution is -2.41. The van der Waals surface area contributed by atoms with Crippen molar-refractivity contribution in [2.45, 2.75) is 20.3 Å². The van der Waals surface area contributed by atoms with Crippen molar-refractivity contribution >= 4 is 21.6 Å². The summed E-state index contributed by atoms with van der Waals surface area (Å²) < 4.78 is 39.4. The number of fused-ring (bicyclic) bond motifs is 1. The summed E-state index contributed by atoms with van der Waals surface area (Å²) in [7, 11) is -3.65. The topological polar surface area (TPSA) is 57.7 Å². The molecule has 0 fully saturated rings. The summed E-state index contributed by atoms with van der Waals surface area (Å²) in [5.41, 5.74) is 0.959. The molecule has 2 rings (SSSR count). The normalized spacial score (nSPS) is 14.6. The molecule has 1 heterocycles. The minimum absolute atomic E-state index is 0.220. The van der Waals surface area contributed by atoms with Gasteiger partial charge in [-0.1, -0.05) is 26.0 Å².